The second-order valence-corrected chi connectivity index (χ2v) is 16.2. The van der Waals surface area contributed by atoms with Crippen LogP contribution in [0.15, 0.2) is 11.6 Å². The van der Waals surface area contributed by atoms with Crippen LogP contribution in [0.4, 0.5) is 0 Å². The topological polar surface area (TPSA) is 242 Å². The summed E-state index contributed by atoms with van der Waals surface area (Å²) >= 11 is 0. The van der Waals surface area contributed by atoms with Gasteiger partial charge in [0.25, 0.3) is 0 Å². The molecule has 0 aromatic carbocycles. The van der Waals surface area contributed by atoms with Gasteiger partial charge in [-0.05, 0) is 81.6 Å². The summed E-state index contributed by atoms with van der Waals surface area (Å²) in [7, 11) is 0. The van der Waals surface area contributed by atoms with Crippen LogP contribution in [0.5, 0.6) is 0 Å². The van der Waals surface area contributed by atoms with Gasteiger partial charge in [0.1, 0.15) is 55.6 Å². The van der Waals surface area contributed by atoms with Crippen molar-refractivity contribution in [2.75, 3.05) is 13.2 Å². The minimum Gasteiger partial charge on any atom is -0.458 e. The Hall–Kier alpha value is -1.60. The number of hydrogen-bond acceptors (Lipinski definition) is 15. The third-order valence-electron chi connectivity index (χ3n) is 14.1. The molecule has 0 aromatic heterocycles. The normalized spacial score (nSPS) is 55.0. The van der Waals surface area contributed by atoms with E-state index in [-0.39, 0.29) is 43.2 Å². The number of aliphatic hydroxyl groups is 8. The van der Waals surface area contributed by atoms with Crippen molar-refractivity contribution in [1.29, 1.82) is 0 Å². The Kier molecular flexibility index (Phi) is 9.60. The molecule has 6 fully saturated rings. The molecule has 0 spiro atoms. The van der Waals surface area contributed by atoms with E-state index >= 15 is 0 Å². The molecular weight excluding hydrogens is 660 g/mol. The third kappa shape index (κ3) is 5.37. The Balaban J connectivity index is 1.02. The van der Waals surface area contributed by atoms with Crippen molar-refractivity contribution in [3.8, 4) is 0 Å². The molecular formula is C35H52O15. The predicted octanol–water partition coefficient (Wildman–Crippen LogP) is -1.43. The predicted molar refractivity (Wildman–Crippen MR) is 167 cm³/mol. The fraction of sp³-hybridized carbons (Fsp3) is 0.886. The van der Waals surface area contributed by atoms with E-state index in [0.717, 1.165) is 18.3 Å². The summed E-state index contributed by atoms with van der Waals surface area (Å²) in [4.78, 5) is 25.1. The first-order chi connectivity index (χ1) is 23.6. The van der Waals surface area contributed by atoms with E-state index in [0.29, 0.717) is 38.5 Å². The molecule has 4 saturated carbocycles. The van der Waals surface area contributed by atoms with E-state index in [9.17, 15) is 50.4 Å². The maximum atomic E-state index is 13.2. The minimum atomic E-state index is -1.71. The summed E-state index contributed by atoms with van der Waals surface area (Å²) in [5, 5.41) is 87.0. The standard InChI is InChI=1S/C35H52O15/c1-16-29(50-31-27(42)25(40)24(39)22(13-36)49-31)26(41)28(43)30(47-16)48-18-3-8-33(15-37)20-4-7-32(2)19(17-11-23(38)46-14-17)6-10-35(32,45)21(20)5-9-34(33,44)12-18/h11,15-16,18-22,24-31,36,39-45H,3-10,12-14H2,1-2H3/t16-,18+,19-,20+,21-,22-,24-,25+,26+,27-,28-,29?,30+,31+,32-,33+,34+,35+/m1/s1. The summed E-state index contributed by atoms with van der Waals surface area (Å²) in [5.41, 5.74) is -3.20. The Labute approximate surface area is 290 Å². The molecule has 0 amide bonds. The molecule has 15 heteroatoms. The SMILES string of the molecule is C[C@H]1O[C@@H](O[C@H]2CC[C@]3(C=O)[C@H]4CC[C@]5(C)[C@@H](C6=CC(=O)OC6)CC[C@]5(O)[C@@H]4CC[C@]3(O)C2)[C@H](O)[C@H](O)C1O[C@@H]1O[C@H](CO)[C@@H](O)[C@H](O)[C@H]1O. The second kappa shape index (κ2) is 13.1. The van der Waals surface area contributed by atoms with Crippen molar-refractivity contribution >= 4 is 12.3 Å². The van der Waals surface area contributed by atoms with Gasteiger partial charge in [-0.15, -0.1) is 0 Å². The van der Waals surface area contributed by atoms with Gasteiger partial charge in [0.05, 0.1) is 35.4 Å². The van der Waals surface area contributed by atoms with Crippen LogP contribution in [-0.2, 0) is 33.3 Å². The first kappa shape index (κ1) is 36.7. The Morgan fingerprint density at radius 2 is 1.56 bits per heavy atom. The van der Waals surface area contributed by atoms with Gasteiger partial charge in [-0.25, -0.2) is 4.79 Å². The smallest absolute Gasteiger partial charge is 0.331 e. The number of hydrogen-bond donors (Lipinski definition) is 8. The Morgan fingerprint density at radius 1 is 0.860 bits per heavy atom. The lowest BCUT2D eigenvalue weighted by Crippen LogP contribution is -2.69. The summed E-state index contributed by atoms with van der Waals surface area (Å²) in [5.74, 6) is -0.830. The average Bonchev–Trinajstić information content (AvgIpc) is 3.64. The van der Waals surface area contributed by atoms with Crippen molar-refractivity contribution in [3.05, 3.63) is 11.6 Å². The van der Waals surface area contributed by atoms with Crippen LogP contribution in [0.1, 0.15) is 71.6 Å². The van der Waals surface area contributed by atoms with Crippen molar-refractivity contribution < 1.29 is 74.1 Å². The van der Waals surface area contributed by atoms with Crippen molar-refractivity contribution in [2.24, 2.45) is 28.6 Å². The zero-order chi connectivity index (χ0) is 36.0. The van der Waals surface area contributed by atoms with Crippen LogP contribution >= 0.6 is 0 Å². The van der Waals surface area contributed by atoms with Gasteiger partial charge in [-0.2, -0.15) is 0 Å². The van der Waals surface area contributed by atoms with Gasteiger partial charge >= 0.3 is 5.97 Å². The number of ether oxygens (including phenoxy) is 5. The van der Waals surface area contributed by atoms with E-state index in [1.165, 1.54) is 0 Å². The molecule has 3 aliphatic heterocycles. The van der Waals surface area contributed by atoms with Crippen LogP contribution in [0.3, 0.4) is 0 Å². The zero-order valence-electron chi connectivity index (χ0n) is 28.5. The first-order valence-corrected chi connectivity index (χ1v) is 18.0. The fourth-order valence-electron chi connectivity index (χ4n) is 11.3. The van der Waals surface area contributed by atoms with Crippen molar-refractivity contribution in [3.63, 3.8) is 0 Å². The van der Waals surface area contributed by atoms with Crippen LogP contribution in [0.2, 0.25) is 0 Å². The molecule has 8 N–H and O–H groups in total. The van der Waals surface area contributed by atoms with E-state index in [2.05, 4.69) is 6.92 Å². The molecule has 282 valence electrons. The van der Waals surface area contributed by atoms with Gasteiger partial charge in [0.15, 0.2) is 12.6 Å². The lowest BCUT2D eigenvalue weighted by molar-refractivity contribution is -0.361. The lowest BCUT2D eigenvalue weighted by atomic mass is 9.41. The molecule has 18 atom stereocenters. The number of esters is 1. The quantitative estimate of drug-likeness (QED) is 0.0858. The average molecular weight is 713 g/mol. The molecule has 3 heterocycles. The number of fused-ring (bicyclic) bond motifs is 5. The van der Waals surface area contributed by atoms with Crippen LogP contribution in [-0.4, -0.2) is 145 Å². The number of aldehydes is 1. The Morgan fingerprint density at radius 3 is 2.24 bits per heavy atom. The Bertz CT molecular complexity index is 1340. The number of carbonyl (C=O) groups excluding carboxylic acids is 2. The van der Waals surface area contributed by atoms with E-state index in [1.54, 1.807) is 13.0 Å². The monoisotopic (exact) mass is 712 g/mol. The molecule has 2 saturated heterocycles. The highest BCUT2D eigenvalue weighted by Crippen LogP contribution is 2.70. The number of aliphatic hydroxyl groups excluding tert-OH is 6. The molecule has 4 aliphatic carbocycles. The summed E-state index contributed by atoms with van der Waals surface area (Å²) in [6.45, 7) is 3.22. The van der Waals surface area contributed by atoms with Crippen molar-refractivity contribution in [1.82, 2.24) is 0 Å². The molecule has 7 rings (SSSR count). The number of cyclic esters (lactones) is 1. The maximum absolute atomic E-state index is 13.2. The summed E-state index contributed by atoms with van der Waals surface area (Å²) < 4.78 is 28.4. The summed E-state index contributed by atoms with van der Waals surface area (Å²) in [6.07, 6.45) is -8.63. The molecule has 0 bridgehead atoms. The summed E-state index contributed by atoms with van der Waals surface area (Å²) in [6, 6.07) is 0. The molecule has 0 aromatic rings. The lowest BCUT2D eigenvalue weighted by Gasteiger charge is -2.65. The molecule has 1 unspecified atom stereocenters. The van der Waals surface area contributed by atoms with Gasteiger partial charge in [-0.3, -0.25) is 0 Å². The minimum absolute atomic E-state index is 0.00102. The van der Waals surface area contributed by atoms with Gasteiger partial charge in [0.2, 0.25) is 0 Å². The molecule has 0 radical (unpaired) electrons. The highest BCUT2D eigenvalue weighted by molar-refractivity contribution is 5.85. The second-order valence-electron chi connectivity index (χ2n) is 16.2. The number of rotatable bonds is 7. The molecule has 15 nitrogen and oxygen atoms in total. The van der Waals surface area contributed by atoms with Crippen LogP contribution in [0.25, 0.3) is 0 Å². The third-order valence-corrected chi connectivity index (χ3v) is 14.1. The number of carbonyl (C=O) groups is 2. The van der Waals surface area contributed by atoms with E-state index in [4.69, 9.17) is 23.7 Å². The van der Waals surface area contributed by atoms with Crippen LogP contribution in [0, 0.1) is 28.6 Å². The van der Waals surface area contributed by atoms with Gasteiger partial charge < -0.3 is 69.3 Å². The molecule has 7 aliphatic rings. The van der Waals surface area contributed by atoms with E-state index < -0.39 is 96.2 Å². The van der Waals surface area contributed by atoms with E-state index in [1.807, 2.05) is 0 Å². The highest BCUT2D eigenvalue weighted by atomic mass is 16.7. The van der Waals surface area contributed by atoms with Gasteiger partial charge in [-0.1, -0.05) is 6.92 Å². The largest absolute Gasteiger partial charge is 0.458 e. The highest BCUT2D eigenvalue weighted by Gasteiger charge is 2.71. The fourth-order valence-corrected chi connectivity index (χ4v) is 11.3. The van der Waals surface area contributed by atoms with Crippen molar-refractivity contribution in [2.45, 2.75) is 150 Å². The zero-order valence-corrected chi connectivity index (χ0v) is 28.5. The maximum Gasteiger partial charge on any atom is 0.331 e. The molecule has 50 heavy (non-hydrogen) atoms. The van der Waals surface area contributed by atoms with Gasteiger partial charge in [0, 0.05) is 17.9 Å². The first-order valence-electron chi connectivity index (χ1n) is 18.0. The van der Waals surface area contributed by atoms with Crippen LogP contribution < -0.4 is 0 Å².